The van der Waals surface area contributed by atoms with Gasteiger partial charge in [-0.15, -0.1) is 0 Å². The van der Waals surface area contributed by atoms with Crippen LogP contribution in [0.15, 0.2) is 47.4 Å². The van der Waals surface area contributed by atoms with Crippen LogP contribution in [0.25, 0.3) is 0 Å². The maximum absolute atomic E-state index is 13.1. The van der Waals surface area contributed by atoms with Crippen molar-refractivity contribution in [1.82, 2.24) is 14.5 Å². The van der Waals surface area contributed by atoms with Crippen LogP contribution < -0.4 is 10.1 Å². The third-order valence-corrected chi connectivity index (χ3v) is 9.06. The van der Waals surface area contributed by atoms with E-state index in [-0.39, 0.29) is 17.2 Å². The van der Waals surface area contributed by atoms with Gasteiger partial charge in [0.1, 0.15) is 5.75 Å². The first kappa shape index (κ1) is 26.6. The summed E-state index contributed by atoms with van der Waals surface area (Å²) in [6.45, 7) is 4.87. The van der Waals surface area contributed by atoms with Crippen molar-refractivity contribution < 1.29 is 17.9 Å². The molecule has 0 spiro atoms. The molecule has 2 aliphatic heterocycles. The fraction of sp³-hybridized carbons (Fsp3) is 0.536. The molecule has 2 fully saturated rings. The quantitative estimate of drug-likeness (QED) is 0.517. The molecule has 7 nitrogen and oxygen atoms in total. The summed E-state index contributed by atoms with van der Waals surface area (Å²) in [5.74, 6) is 0.536. The number of carbonyl (C=O) groups is 1. The number of benzene rings is 2. The average molecular weight is 514 g/mol. The minimum Gasteiger partial charge on any atom is -0.496 e. The summed E-state index contributed by atoms with van der Waals surface area (Å²) in [4.78, 5) is 15.4. The Balaban J connectivity index is 1.33. The summed E-state index contributed by atoms with van der Waals surface area (Å²) in [5, 5.41) is 3.01. The van der Waals surface area contributed by atoms with Gasteiger partial charge in [-0.2, -0.15) is 4.31 Å². The van der Waals surface area contributed by atoms with Gasteiger partial charge in [0.15, 0.2) is 0 Å². The Morgan fingerprint density at radius 3 is 2.33 bits per heavy atom. The molecular weight excluding hydrogens is 474 g/mol. The number of piperidine rings is 2. The van der Waals surface area contributed by atoms with E-state index < -0.39 is 10.0 Å². The molecule has 8 heteroatoms. The van der Waals surface area contributed by atoms with Crippen molar-refractivity contribution in [3.63, 3.8) is 0 Å². The van der Waals surface area contributed by atoms with Gasteiger partial charge in [0.25, 0.3) is 0 Å². The van der Waals surface area contributed by atoms with Crippen molar-refractivity contribution >= 4 is 15.9 Å². The van der Waals surface area contributed by atoms with E-state index in [9.17, 15) is 13.2 Å². The minimum absolute atomic E-state index is 0.0669. The van der Waals surface area contributed by atoms with E-state index in [0.717, 1.165) is 50.0 Å². The van der Waals surface area contributed by atoms with E-state index in [4.69, 9.17) is 4.74 Å². The van der Waals surface area contributed by atoms with Crippen molar-refractivity contribution in [2.75, 3.05) is 33.3 Å². The molecule has 4 rings (SSSR count). The Morgan fingerprint density at radius 2 is 1.61 bits per heavy atom. The van der Waals surface area contributed by atoms with Crippen LogP contribution in [0.2, 0.25) is 0 Å². The highest BCUT2D eigenvalue weighted by Gasteiger charge is 2.26. The number of sulfonamides is 1. The number of hydrogen-bond donors (Lipinski definition) is 1. The van der Waals surface area contributed by atoms with E-state index in [1.54, 1.807) is 29.6 Å². The number of hydrogen-bond acceptors (Lipinski definition) is 5. The van der Waals surface area contributed by atoms with Crippen LogP contribution in [-0.2, 0) is 34.3 Å². The number of likely N-dealkylation sites (tertiary alicyclic amines) is 1. The largest absolute Gasteiger partial charge is 0.496 e. The lowest BCUT2D eigenvalue weighted by molar-refractivity contribution is -0.121. The second kappa shape index (κ2) is 12.7. The van der Waals surface area contributed by atoms with E-state index in [1.807, 2.05) is 6.07 Å². The van der Waals surface area contributed by atoms with Gasteiger partial charge in [-0.1, -0.05) is 37.1 Å². The molecule has 196 valence electrons. The number of methoxy groups -OCH3 is 1. The van der Waals surface area contributed by atoms with E-state index in [2.05, 4.69) is 28.4 Å². The van der Waals surface area contributed by atoms with Crippen LogP contribution in [0.3, 0.4) is 0 Å². The number of nitrogens with zero attached hydrogens (tertiary/aromatic N) is 2. The number of amides is 1. The summed E-state index contributed by atoms with van der Waals surface area (Å²) in [6, 6.07) is 13.4. The molecule has 36 heavy (non-hydrogen) atoms. The van der Waals surface area contributed by atoms with Crippen LogP contribution in [0, 0.1) is 0 Å². The Labute approximate surface area is 215 Å². The number of aryl methyl sites for hydroxylation is 1. The lowest BCUT2D eigenvalue weighted by Crippen LogP contribution is -2.35. The number of ether oxygens (including phenoxy) is 1. The smallest absolute Gasteiger partial charge is 0.243 e. The van der Waals surface area contributed by atoms with E-state index >= 15 is 0 Å². The topological polar surface area (TPSA) is 79.0 Å². The van der Waals surface area contributed by atoms with Gasteiger partial charge in [-0.3, -0.25) is 9.69 Å². The maximum Gasteiger partial charge on any atom is 0.243 e. The van der Waals surface area contributed by atoms with E-state index in [0.29, 0.717) is 31.8 Å². The van der Waals surface area contributed by atoms with Gasteiger partial charge in [0.2, 0.25) is 15.9 Å². The van der Waals surface area contributed by atoms with Gasteiger partial charge in [0.05, 0.1) is 12.0 Å². The fourth-order valence-electron chi connectivity index (χ4n) is 5.12. The van der Waals surface area contributed by atoms with Crippen molar-refractivity contribution in [3.8, 4) is 5.75 Å². The highest BCUT2D eigenvalue weighted by molar-refractivity contribution is 7.89. The predicted octanol–water partition coefficient (Wildman–Crippen LogP) is 4.10. The summed E-state index contributed by atoms with van der Waals surface area (Å²) < 4.78 is 33.2. The lowest BCUT2D eigenvalue weighted by atomic mass is 10.1. The van der Waals surface area contributed by atoms with Crippen LogP contribution >= 0.6 is 0 Å². The molecule has 2 aromatic rings. The highest BCUT2D eigenvalue weighted by atomic mass is 32.2. The molecule has 1 amide bonds. The zero-order valence-electron chi connectivity index (χ0n) is 21.4. The highest BCUT2D eigenvalue weighted by Crippen LogP contribution is 2.27. The van der Waals surface area contributed by atoms with Crippen molar-refractivity contribution in [3.05, 3.63) is 59.2 Å². The molecular formula is C28H39N3O4S. The number of carbonyl (C=O) groups excluding carboxylic acids is 1. The first-order valence-corrected chi connectivity index (χ1v) is 14.6. The fourth-order valence-corrected chi connectivity index (χ4v) is 6.68. The molecule has 2 aromatic carbocycles. The molecule has 2 heterocycles. The summed E-state index contributed by atoms with van der Waals surface area (Å²) >= 11 is 0. The number of nitrogens with one attached hydrogen (secondary N) is 1. The van der Waals surface area contributed by atoms with Crippen LogP contribution in [-0.4, -0.2) is 56.8 Å². The Bertz CT molecular complexity index is 1120. The van der Waals surface area contributed by atoms with Gasteiger partial charge in [-0.25, -0.2) is 8.42 Å². The monoisotopic (exact) mass is 513 g/mol. The van der Waals surface area contributed by atoms with Crippen molar-refractivity contribution in [2.45, 2.75) is 69.4 Å². The molecule has 0 saturated carbocycles. The van der Waals surface area contributed by atoms with Gasteiger partial charge < -0.3 is 10.1 Å². The molecule has 0 aliphatic carbocycles. The first-order valence-electron chi connectivity index (χ1n) is 13.2. The summed E-state index contributed by atoms with van der Waals surface area (Å²) in [5.41, 5.74) is 3.10. The summed E-state index contributed by atoms with van der Waals surface area (Å²) in [6.07, 6.45) is 7.39. The molecule has 1 N–H and O–H groups in total. The second-order valence-corrected chi connectivity index (χ2v) is 11.8. The Kier molecular flexibility index (Phi) is 9.40. The third-order valence-electron chi connectivity index (χ3n) is 7.16. The van der Waals surface area contributed by atoms with Gasteiger partial charge >= 0.3 is 0 Å². The normalized spacial score (nSPS) is 17.6. The maximum atomic E-state index is 13.1. The summed E-state index contributed by atoms with van der Waals surface area (Å²) in [7, 11) is -1.97. The molecule has 2 aliphatic rings. The Morgan fingerprint density at radius 1 is 0.917 bits per heavy atom. The molecule has 0 radical (unpaired) electrons. The molecule has 0 aromatic heterocycles. The van der Waals surface area contributed by atoms with Crippen molar-refractivity contribution in [1.29, 1.82) is 0 Å². The minimum atomic E-state index is -3.54. The van der Waals surface area contributed by atoms with E-state index in [1.165, 1.54) is 24.8 Å². The van der Waals surface area contributed by atoms with Gasteiger partial charge in [-0.05, 0) is 80.1 Å². The standard InChI is InChI=1S/C28H39N3O4S/c1-35-27-13-12-26(36(33,34)31-17-6-3-7-18-31)20-25(27)11-14-28(32)29-21-23-9-8-10-24(19-23)22-30-15-4-2-5-16-30/h8-10,12-13,19-20H,2-7,11,14-18,21-22H2,1H3,(H,29,32). The molecule has 2 saturated heterocycles. The van der Waals surface area contributed by atoms with Crippen molar-refractivity contribution in [2.24, 2.45) is 0 Å². The van der Waals surface area contributed by atoms with Crippen LogP contribution in [0.1, 0.15) is 61.6 Å². The molecule has 0 atom stereocenters. The SMILES string of the molecule is COc1ccc(S(=O)(=O)N2CCCCC2)cc1CCC(=O)NCc1cccc(CN2CCCCC2)c1. The third kappa shape index (κ3) is 7.08. The van der Waals surface area contributed by atoms with Crippen LogP contribution in [0.4, 0.5) is 0 Å². The number of rotatable bonds is 10. The average Bonchev–Trinajstić information content (AvgIpc) is 2.92. The lowest BCUT2D eigenvalue weighted by Gasteiger charge is -2.26. The predicted molar refractivity (Wildman–Crippen MR) is 141 cm³/mol. The van der Waals surface area contributed by atoms with Crippen LogP contribution in [0.5, 0.6) is 5.75 Å². The zero-order chi connectivity index (χ0) is 25.4. The molecule has 0 bridgehead atoms. The Hall–Kier alpha value is -2.42. The molecule has 0 unspecified atom stereocenters. The second-order valence-electron chi connectivity index (χ2n) is 9.87. The zero-order valence-corrected chi connectivity index (χ0v) is 22.2. The van der Waals surface area contributed by atoms with Gasteiger partial charge in [0, 0.05) is 32.6 Å². The first-order chi connectivity index (χ1) is 17.5.